The van der Waals surface area contributed by atoms with Crippen LogP contribution in [0.1, 0.15) is 31.4 Å². The summed E-state index contributed by atoms with van der Waals surface area (Å²) >= 11 is 0. The van der Waals surface area contributed by atoms with Crippen LogP contribution in [0.2, 0.25) is 0 Å². The van der Waals surface area contributed by atoms with Crippen LogP contribution >= 0.6 is 0 Å². The average molecular weight is 531 g/mol. The second-order valence-electron chi connectivity index (χ2n) is 9.12. The lowest BCUT2D eigenvalue weighted by molar-refractivity contribution is -0.137. The summed E-state index contributed by atoms with van der Waals surface area (Å²) in [5.74, 6) is -0.378. The Labute approximate surface area is 212 Å². The molecular formula is C26H25F3N4O3S. The number of amides is 1. The summed E-state index contributed by atoms with van der Waals surface area (Å²) in [4.78, 5) is 17.2. The molecule has 0 saturated heterocycles. The number of nitrogens with zero attached hydrogens (tertiary/aromatic N) is 1. The molecule has 0 saturated carbocycles. The molecule has 4 rings (SSSR count). The quantitative estimate of drug-likeness (QED) is 0.388. The maximum absolute atomic E-state index is 13.8. The van der Waals surface area contributed by atoms with E-state index in [0.29, 0.717) is 23.4 Å². The molecule has 3 aromatic rings. The van der Waals surface area contributed by atoms with Gasteiger partial charge in [-0.25, -0.2) is 13.6 Å². The number of nitrogens with one attached hydrogen (secondary N) is 2. The number of hydrogen-bond acceptors (Lipinski definition) is 5. The first-order valence-corrected chi connectivity index (χ1v) is 13.0. The largest absolute Gasteiger partial charge is 0.418 e. The molecule has 37 heavy (non-hydrogen) atoms. The van der Waals surface area contributed by atoms with Crippen molar-refractivity contribution >= 4 is 38.7 Å². The van der Waals surface area contributed by atoms with Gasteiger partial charge >= 0.3 is 6.18 Å². The Bertz CT molecular complexity index is 1480. The van der Waals surface area contributed by atoms with E-state index in [2.05, 4.69) is 15.6 Å². The molecular weight excluding hydrogens is 505 g/mol. The topological polar surface area (TPSA) is 114 Å². The Kier molecular flexibility index (Phi) is 7.11. The van der Waals surface area contributed by atoms with Crippen LogP contribution < -0.4 is 15.8 Å². The zero-order valence-corrected chi connectivity index (χ0v) is 20.9. The monoisotopic (exact) mass is 530 g/mol. The lowest BCUT2D eigenvalue weighted by atomic mass is 9.99. The Morgan fingerprint density at radius 3 is 2.32 bits per heavy atom. The molecule has 0 unspecified atom stereocenters. The first-order chi connectivity index (χ1) is 17.3. The van der Waals surface area contributed by atoms with Crippen LogP contribution in [0.25, 0.3) is 11.1 Å². The molecule has 1 heterocycles. The average Bonchev–Trinajstić information content (AvgIpc) is 2.98. The van der Waals surface area contributed by atoms with Gasteiger partial charge in [-0.3, -0.25) is 9.79 Å². The van der Waals surface area contributed by atoms with Crippen molar-refractivity contribution in [2.75, 3.05) is 17.2 Å². The number of rotatable bonds is 6. The van der Waals surface area contributed by atoms with Crippen LogP contribution in [-0.4, -0.2) is 26.6 Å². The van der Waals surface area contributed by atoms with Crippen LogP contribution in [0.5, 0.6) is 0 Å². The highest BCUT2D eigenvalue weighted by Crippen LogP contribution is 2.42. The van der Waals surface area contributed by atoms with Crippen molar-refractivity contribution in [3.8, 4) is 11.1 Å². The fourth-order valence-electron chi connectivity index (χ4n) is 3.89. The number of primary sulfonamides is 1. The van der Waals surface area contributed by atoms with Crippen LogP contribution in [0.15, 0.2) is 70.6 Å². The number of aliphatic imine (C=N–C) groups is 1. The number of nitrogens with two attached hydrogens (primary N) is 1. The van der Waals surface area contributed by atoms with Gasteiger partial charge in [-0.2, -0.15) is 13.2 Å². The number of alkyl halides is 3. The lowest BCUT2D eigenvalue weighted by Gasteiger charge is -2.18. The Morgan fingerprint density at radius 1 is 1.03 bits per heavy atom. The second-order valence-corrected chi connectivity index (χ2v) is 10.7. The molecule has 0 atom stereocenters. The molecule has 1 amide bonds. The third kappa shape index (κ3) is 6.17. The number of sulfonamides is 1. The van der Waals surface area contributed by atoms with Crippen molar-refractivity contribution in [3.63, 3.8) is 0 Å². The summed E-state index contributed by atoms with van der Waals surface area (Å²) in [6.45, 7) is 4.10. The summed E-state index contributed by atoms with van der Waals surface area (Å²) in [5, 5.41) is 10.6. The first kappa shape index (κ1) is 26.4. The standard InChI is InChI=1S/C26H25F3N4O3S/c1-15(2)14-31-22-12-24-23(11-20(22)26(27,28)29)33-25(34)13-21(32-24)18-5-3-4-17(10-18)16-6-8-19(9-7-16)37(30,35)36/h3-12,15,31H,13-14H2,1-2H3,(H,33,34)(H2,30,35,36). The number of anilines is 2. The highest BCUT2D eigenvalue weighted by Gasteiger charge is 2.35. The minimum atomic E-state index is -4.62. The van der Waals surface area contributed by atoms with Gasteiger partial charge in [0.25, 0.3) is 0 Å². The smallest absolute Gasteiger partial charge is 0.384 e. The number of benzene rings is 3. The minimum Gasteiger partial charge on any atom is -0.384 e. The van der Waals surface area contributed by atoms with Gasteiger partial charge in [-0.1, -0.05) is 44.2 Å². The van der Waals surface area contributed by atoms with Crippen LogP contribution in [-0.2, 0) is 21.0 Å². The fraction of sp³-hybridized carbons (Fsp3) is 0.231. The normalized spacial score (nSPS) is 14.0. The maximum atomic E-state index is 13.8. The molecule has 0 spiro atoms. The summed E-state index contributed by atoms with van der Waals surface area (Å²) in [5.41, 5.74) is 1.64. The number of carbonyl (C=O) groups is 1. The van der Waals surface area contributed by atoms with Gasteiger partial charge in [0.2, 0.25) is 15.9 Å². The molecule has 0 aromatic heterocycles. The first-order valence-electron chi connectivity index (χ1n) is 11.4. The van der Waals surface area contributed by atoms with Crippen molar-refractivity contribution in [2.45, 2.75) is 31.3 Å². The number of carbonyl (C=O) groups excluding carboxylic acids is 1. The molecule has 3 aromatic carbocycles. The maximum Gasteiger partial charge on any atom is 0.418 e. The number of fused-ring (bicyclic) bond motifs is 1. The number of hydrogen-bond donors (Lipinski definition) is 3. The van der Waals surface area contributed by atoms with E-state index in [4.69, 9.17) is 5.14 Å². The molecule has 0 radical (unpaired) electrons. The van der Waals surface area contributed by atoms with Gasteiger partial charge in [0, 0.05) is 12.2 Å². The van der Waals surface area contributed by atoms with Gasteiger partial charge in [0.05, 0.1) is 34.0 Å². The van der Waals surface area contributed by atoms with Gasteiger partial charge in [-0.15, -0.1) is 0 Å². The summed E-state index contributed by atoms with van der Waals surface area (Å²) in [6.07, 6.45) is -4.76. The van der Waals surface area contributed by atoms with Crippen molar-refractivity contribution < 1.29 is 26.4 Å². The molecule has 0 bridgehead atoms. The van der Waals surface area contributed by atoms with Gasteiger partial charge in [-0.05, 0) is 52.9 Å². The molecule has 0 aliphatic carbocycles. The molecule has 7 nitrogen and oxygen atoms in total. The molecule has 1 aliphatic heterocycles. The molecule has 0 fully saturated rings. The Hall–Kier alpha value is -3.70. The second kappa shape index (κ2) is 9.98. The van der Waals surface area contributed by atoms with Crippen LogP contribution in [0.4, 0.5) is 30.2 Å². The van der Waals surface area contributed by atoms with Gasteiger partial charge in [0.15, 0.2) is 0 Å². The SMILES string of the molecule is CC(C)CNc1cc2c(cc1C(F)(F)F)NC(=O)CC(c1cccc(-c3ccc(S(N)(=O)=O)cc3)c1)=N2. The third-order valence-electron chi connectivity index (χ3n) is 5.71. The lowest BCUT2D eigenvalue weighted by Crippen LogP contribution is -2.17. The molecule has 194 valence electrons. The predicted octanol–water partition coefficient (Wildman–Crippen LogP) is 5.55. The van der Waals surface area contributed by atoms with E-state index in [0.717, 1.165) is 11.6 Å². The van der Waals surface area contributed by atoms with Gasteiger partial charge < -0.3 is 10.6 Å². The molecule has 4 N–H and O–H groups in total. The summed E-state index contributed by atoms with van der Waals surface area (Å²) < 4.78 is 64.3. The van der Waals surface area contributed by atoms with Crippen molar-refractivity contribution in [1.82, 2.24) is 0 Å². The molecule has 1 aliphatic rings. The van der Waals surface area contributed by atoms with E-state index in [1.807, 2.05) is 19.9 Å². The number of halogens is 3. The Balaban J connectivity index is 1.76. The zero-order chi connectivity index (χ0) is 27.0. The van der Waals surface area contributed by atoms with E-state index >= 15 is 0 Å². The van der Waals surface area contributed by atoms with E-state index in [9.17, 15) is 26.4 Å². The van der Waals surface area contributed by atoms with E-state index in [1.165, 1.54) is 18.2 Å². The van der Waals surface area contributed by atoms with Crippen LogP contribution in [0, 0.1) is 5.92 Å². The molecule has 11 heteroatoms. The minimum absolute atomic E-state index is 0.0165. The highest BCUT2D eigenvalue weighted by molar-refractivity contribution is 7.89. The van der Waals surface area contributed by atoms with Crippen molar-refractivity contribution in [2.24, 2.45) is 16.0 Å². The van der Waals surface area contributed by atoms with Gasteiger partial charge in [0.1, 0.15) is 0 Å². The zero-order valence-electron chi connectivity index (χ0n) is 20.1. The van der Waals surface area contributed by atoms with Crippen LogP contribution in [0.3, 0.4) is 0 Å². The fourth-order valence-corrected chi connectivity index (χ4v) is 4.40. The third-order valence-corrected chi connectivity index (χ3v) is 6.64. The summed E-state index contributed by atoms with van der Waals surface area (Å²) in [6, 6.07) is 15.3. The van der Waals surface area contributed by atoms with Crippen molar-refractivity contribution in [1.29, 1.82) is 0 Å². The predicted molar refractivity (Wildman–Crippen MR) is 137 cm³/mol. The van der Waals surface area contributed by atoms with Crippen molar-refractivity contribution in [3.05, 3.63) is 71.8 Å². The Morgan fingerprint density at radius 2 is 1.70 bits per heavy atom. The summed E-state index contributed by atoms with van der Waals surface area (Å²) in [7, 11) is -3.83. The van der Waals surface area contributed by atoms with E-state index in [1.54, 1.807) is 30.3 Å². The van der Waals surface area contributed by atoms with E-state index in [-0.39, 0.29) is 34.3 Å². The highest BCUT2D eigenvalue weighted by atomic mass is 32.2. The van der Waals surface area contributed by atoms with E-state index < -0.39 is 27.7 Å².